The average molecular weight is 359 g/mol. The van der Waals surface area contributed by atoms with Crippen LogP contribution < -0.4 is 15.4 Å². The molecule has 7 nitrogen and oxygen atoms in total. The molecule has 0 radical (unpaired) electrons. The highest BCUT2D eigenvalue weighted by atomic mass is 32.2. The van der Waals surface area contributed by atoms with Crippen LogP contribution in [-0.2, 0) is 16.6 Å². The van der Waals surface area contributed by atoms with Gasteiger partial charge in [-0.1, -0.05) is 0 Å². The quantitative estimate of drug-likeness (QED) is 0.823. The average Bonchev–Trinajstić information content (AvgIpc) is 2.52. The maximum absolute atomic E-state index is 13.4. The van der Waals surface area contributed by atoms with E-state index in [4.69, 9.17) is 4.74 Å². The van der Waals surface area contributed by atoms with Gasteiger partial charge in [-0.15, -0.1) is 0 Å². The topological polar surface area (TPSA) is 87.7 Å². The summed E-state index contributed by atoms with van der Waals surface area (Å²) >= 11 is 0. The van der Waals surface area contributed by atoms with E-state index in [2.05, 4.69) is 10.6 Å². The molecule has 2 amide bonds. The number of rotatable bonds is 5. The summed E-state index contributed by atoms with van der Waals surface area (Å²) in [5.41, 5.74) is 0.573. The van der Waals surface area contributed by atoms with Crippen LogP contribution in [0.2, 0.25) is 0 Å². The molecule has 1 fully saturated rings. The summed E-state index contributed by atoms with van der Waals surface area (Å²) in [4.78, 5) is 12.0. The summed E-state index contributed by atoms with van der Waals surface area (Å²) in [6, 6.07) is 3.55. The Bertz CT molecular complexity index is 696. The summed E-state index contributed by atoms with van der Waals surface area (Å²) in [6.07, 6.45) is 2.57. The van der Waals surface area contributed by atoms with Crippen molar-refractivity contribution >= 4 is 16.1 Å². The van der Waals surface area contributed by atoms with Crippen LogP contribution >= 0.6 is 0 Å². The van der Waals surface area contributed by atoms with E-state index in [1.54, 1.807) is 6.07 Å². The van der Waals surface area contributed by atoms with Crippen LogP contribution in [-0.4, -0.2) is 51.3 Å². The first kappa shape index (κ1) is 18.5. The van der Waals surface area contributed by atoms with Crippen LogP contribution in [0.4, 0.5) is 9.18 Å². The number of hydrogen-bond acceptors (Lipinski definition) is 4. The number of piperidine rings is 1. The van der Waals surface area contributed by atoms with Gasteiger partial charge in [0.2, 0.25) is 10.0 Å². The van der Waals surface area contributed by atoms with Gasteiger partial charge in [-0.3, -0.25) is 0 Å². The molecule has 2 rings (SSSR count). The minimum absolute atomic E-state index is 0.141. The molecule has 1 aromatic carbocycles. The number of amides is 2. The van der Waals surface area contributed by atoms with E-state index in [1.165, 1.54) is 23.5 Å². The fourth-order valence-electron chi connectivity index (χ4n) is 2.62. The summed E-state index contributed by atoms with van der Waals surface area (Å²) in [5.74, 6) is -0.0640. The van der Waals surface area contributed by atoms with Crippen LogP contribution in [0, 0.1) is 5.82 Å². The molecule has 0 bridgehead atoms. The number of carbonyl (C=O) groups excluding carboxylic acids is 1. The number of nitrogens with zero attached hydrogens (tertiary/aromatic N) is 1. The summed E-state index contributed by atoms with van der Waals surface area (Å²) in [6.45, 7) is 0.879. The molecular weight excluding hydrogens is 337 g/mol. The molecule has 9 heteroatoms. The lowest BCUT2D eigenvalue weighted by Crippen LogP contribution is -2.51. The van der Waals surface area contributed by atoms with Gasteiger partial charge in [-0.2, -0.15) is 0 Å². The second-order valence-electron chi connectivity index (χ2n) is 5.79. The van der Waals surface area contributed by atoms with Crippen molar-refractivity contribution in [2.24, 2.45) is 0 Å². The van der Waals surface area contributed by atoms with E-state index < -0.39 is 21.9 Å². The first-order valence-corrected chi connectivity index (χ1v) is 9.45. The Kier molecular flexibility index (Phi) is 6.00. The predicted molar refractivity (Wildman–Crippen MR) is 87.8 cm³/mol. The molecule has 1 unspecified atom stereocenters. The number of urea groups is 1. The zero-order chi connectivity index (χ0) is 17.7. The van der Waals surface area contributed by atoms with Gasteiger partial charge >= 0.3 is 6.03 Å². The lowest BCUT2D eigenvalue weighted by molar-refractivity contribution is 0.225. The second-order valence-corrected chi connectivity index (χ2v) is 7.77. The third-order valence-electron chi connectivity index (χ3n) is 3.81. The number of halogens is 1. The zero-order valence-electron chi connectivity index (χ0n) is 13.7. The number of carbonyl (C=O) groups is 1. The van der Waals surface area contributed by atoms with Crippen molar-refractivity contribution < 1.29 is 22.3 Å². The van der Waals surface area contributed by atoms with Crippen molar-refractivity contribution in [3.8, 4) is 5.75 Å². The molecule has 2 N–H and O–H groups in total. The monoisotopic (exact) mass is 359 g/mol. The van der Waals surface area contributed by atoms with Gasteiger partial charge < -0.3 is 15.4 Å². The Morgan fingerprint density at radius 3 is 2.83 bits per heavy atom. The molecule has 1 heterocycles. The van der Waals surface area contributed by atoms with E-state index in [0.29, 0.717) is 30.7 Å². The highest BCUT2D eigenvalue weighted by molar-refractivity contribution is 7.88. The predicted octanol–water partition coefficient (Wildman–Crippen LogP) is 1.06. The molecular formula is C15H22FN3O4S. The summed E-state index contributed by atoms with van der Waals surface area (Å²) < 4.78 is 42.9. The van der Waals surface area contributed by atoms with Crippen molar-refractivity contribution in [2.75, 3.05) is 26.5 Å². The van der Waals surface area contributed by atoms with Gasteiger partial charge in [-0.05, 0) is 30.5 Å². The fraction of sp³-hybridized carbons (Fsp3) is 0.533. The number of sulfonamides is 1. The van der Waals surface area contributed by atoms with E-state index in [0.717, 1.165) is 6.26 Å². The number of benzene rings is 1. The Balaban J connectivity index is 1.86. The van der Waals surface area contributed by atoms with Gasteiger partial charge in [0.1, 0.15) is 11.6 Å². The SMILES string of the molecule is COc1cc(F)cc(CNC(=O)NC2CCCN(S(C)(=O)=O)C2)c1. The summed E-state index contributed by atoms with van der Waals surface area (Å²) in [7, 11) is -1.82. The molecule has 1 aliphatic heterocycles. The summed E-state index contributed by atoms with van der Waals surface area (Å²) in [5, 5.41) is 5.39. The molecule has 0 aliphatic carbocycles. The standard InChI is InChI=1S/C15H22FN3O4S/c1-23-14-7-11(6-12(16)8-14)9-17-15(20)18-13-4-3-5-19(10-13)24(2,21)22/h6-8,13H,3-5,9-10H2,1-2H3,(H2,17,18,20). The smallest absolute Gasteiger partial charge is 0.315 e. The third kappa shape index (κ3) is 5.34. The van der Waals surface area contributed by atoms with Gasteiger partial charge in [0.25, 0.3) is 0 Å². The number of nitrogens with one attached hydrogen (secondary N) is 2. The number of hydrogen-bond donors (Lipinski definition) is 2. The zero-order valence-corrected chi connectivity index (χ0v) is 14.5. The Labute approximate surface area is 141 Å². The van der Waals surface area contributed by atoms with Crippen molar-refractivity contribution in [1.82, 2.24) is 14.9 Å². The lowest BCUT2D eigenvalue weighted by atomic mass is 10.1. The molecule has 1 aliphatic rings. The Morgan fingerprint density at radius 2 is 2.17 bits per heavy atom. The van der Waals surface area contributed by atoms with Crippen molar-refractivity contribution in [3.05, 3.63) is 29.6 Å². The van der Waals surface area contributed by atoms with Gasteiger partial charge in [-0.25, -0.2) is 21.9 Å². The van der Waals surface area contributed by atoms with Crippen LogP contribution in [0.25, 0.3) is 0 Å². The highest BCUT2D eigenvalue weighted by Crippen LogP contribution is 2.16. The van der Waals surface area contributed by atoms with E-state index in [-0.39, 0.29) is 19.1 Å². The maximum Gasteiger partial charge on any atom is 0.315 e. The normalized spacial score (nSPS) is 18.9. The molecule has 0 aromatic heterocycles. The Hall–Kier alpha value is -1.87. The molecule has 0 spiro atoms. The van der Waals surface area contributed by atoms with Crippen molar-refractivity contribution in [1.29, 1.82) is 0 Å². The molecule has 24 heavy (non-hydrogen) atoms. The Morgan fingerprint density at radius 1 is 1.42 bits per heavy atom. The first-order valence-electron chi connectivity index (χ1n) is 7.61. The minimum atomic E-state index is -3.26. The molecule has 1 atom stereocenters. The lowest BCUT2D eigenvalue weighted by Gasteiger charge is -2.31. The fourth-order valence-corrected chi connectivity index (χ4v) is 3.53. The van der Waals surface area contributed by atoms with Crippen LogP contribution in [0.5, 0.6) is 5.75 Å². The van der Waals surface area contributed by atoms with Crippen LogP contribution in [0.3, 0.4) is 0 Å². The third-order valence-corrected chi connectivity index (χ3v) is 5.08. The minimum Gasteiger partial charge on any atom is -0.497 e. The number of ether oxygens (including phenoxy) is 1. The van der Waals surface area contributed by atoms with E-state index in [9.17, 15) is 17.6 Å². The van der Waals surface area contributed by atoms with Gasteiger partial charge in [0, 0.05) is 31.7 Å². The maximum atomic E-state index is 13.4. The van der Waals surface area contributed by atoms with Crippen LogP contribution in [0.15, 0.2) is 18.2 Å². The van der Waals surface area contributed by atoms with Gasteiger partial charge in [0.15, 0.2) is 0 Å². The highest BCUT2D eigenvalue weighted by Gasteiger charge is 2.26. The van der Waals surface area contributed by atoms with Crippen molar-refractivity contribution in [2.45, 2.75) is 25.4 Å². The largest absolute Gasteiger partial charge is 0.497 e. The molecule has 1 aromatic rings. The second kappa shape index (κ2) is 7.80. The first-order chi connectivity index (χ1) is 11.3. The molecule has 134 valence electrons. The van der Waals surface area contributed by atoms with E-state index in [1.807, 2.05) is 0 Å². The van der Waals surface area contributed by atoms with Gasteiger partial charge in [0.05, 0.1) is 13.4 Å². The molecule has 1 saturated heterocycles. The number of methoxy groups -OCH3 is 1. The van der Waals surface area contributed by atoms with E-state index >= 15 is 0 Å². The van der Waals surface area contributed by atoms with Crippen LogP contribution in [0.1, 0.15) is 18.4 Å². The van der Waals surface area contributed by atoms with Crippen molar-refractivity contribution in [3.63, 3.8) is 0 Å². The molecule has 0 saturated carbocycles.